The number of hydrogen-bond acceptors (Lipinski definition) is 4. The van der Waals surface area contributed by atoms with Crippen molar-refractivity contribution < 1.29 is 17.5 Å². The highest BCUT2D eigenvalue weighted by Crippen LogP contribution is 2.29. The topological polar surface area (TPSA) is 81.4 Å². The smallest absolute Gasteiger partial charge is 0.262 e. The van der Waals surface area contributed by atoms with Gasteiger partial charge >= 0.3 is 0 Å². The molecule has 0 aromatic heterocycles. The molecule has 0 atom stereocenters. The third kappa shape index (κ3) is 2.83. The Morgan fingerprint density at radius 2 is 1.85 bits per heavy atom. The van der Waals surface area contributed by atoms with E-state index in [1.165, 1.54) is 7.11 Å². The quantitative estimate of drug-likeness (QED) is 0.848. The highest BCUT2D eigenvalue weighted by atomic mass is 32.2. The van der Waals surface area contributed by atoms with Crippen molar-refractivity contribution in [1.29, 1.82) is 0 Å². The predicted molar refractivity (Wildman–Crippen MR) is 74.6 cm³/mol. The van der Waals surface area contributed by atoms with Gasteiger partial charge in [-0.25, -0.2) is 12.8 Å². The van der Waals surface area contributed by atoms with Crippen LogP contribution in [0.3, 0.4) is 0 Å². The number of methoxy groups -OCH3 is 1. The molecule has 0 saturated heterocycles. The summed E-state index contributed by atoms with van der Waals surface area (Å²) in [5.41, 5.74) is 5.86. The molecule has 2 aromatic carbocycles. The number of para-hydroxylation sites is 1. The van der Waals surface area contributed by atoms with Gasteiger partial charge < -0.3 is 10.5 Å². The third-order valence-corrected chi connectivity index (χ3v) is 3.95. The van der Waals surface area contributed by atoms with Crippen LogP contribution in [0.5, 0.6) is 5.75 Å². The Hall–Kier alpha value is -2.28. The summed E-state index contributed by atoms with van der Waals surface area (Å²) in [6, 6.07) is 10.3. The molecule has 0 bridgehead atoms. The van der Waals surface area contributed by atoms with Crippen LogP contribution in [0.25, 0.3) is 0 Å². The molecule has 3 N–H and O–H groups in total. The first-order valence-electron chi connectivity index (χ1n) is 5.65. The molecule has 0 aliphatic carbocycles. The molecule has 106 valence electrons. The molecule has 0 aliphatic heterocycles. The van der Waals surface area contributed by atoms with E-state index in [9.17, 15) is 12.8 Å². The Morgan fingerprint density at radius 1 is 1.20 bits per heavy atom. The first kappa shape index (κ1) is 14.1. The lowest BCUT2D eigenvalue weighted by Gasteiger charge is -2.11. The van der Waals surface area contributed by atoms with Crippen LogP contribution in [-0.2, 0) is 10.0 Å². The Balaban J connectivity index is 2.40. The zero-order chi connectivity index (χ0) is 14.8. The minimum atomic E-state index is -3.91. The van der Waals surface area contributed by atoms with Gasteiger partial charge in [-0.15, -0.1) is 0 Å². The van der Waals surface area contributed by atoms with Gasteiger partial charge in [0.05, 0.1) is 17.7 Å². The van der Waals surface area contributed by atoms with Crippen molar-refractivity contribution in [2.24, 2.45) is 0 Å². The SMILES string of the molecule is COc1c(N)cc(S(=O)(=O)Nc2ccccc2)cc1F. The first-order chi connectivity index (χ1) is 9.44. The van der Waals surface area contributed by atoms with Crippen LogP contribution in [0.2, 0.25) is 0 Å². The highest BCUT2D eigenvalue weighted by molar-refractivity contribution is 7.92. The molecule has 0 unspecified atom stereocenters. The molecule has 0 saturated carbocycles. The molecule has 0 aliphatic rings. The van der Waals surface area contributed by atoms with Crippen LogP contribution >= 0.6 is 0 Å². The molecule has 2 rings (SSSR count). The number of nitrogens with two attached hydrogens (primary N) is 1. The minimum Gasteiger partial charge on any atom is -0.492 e. The van der Waals surface area contributed by atoms with Gasteiger partial charge in [-0.3, -0.25) is 4.72 Å². The van der Waals surface area contributed by atoms with E-state index in [0.717, 1.165) is 12.1 Å². The zero-order valence-corrected chi connectivity index (χ0v) is 11.4. The van der Waals surface area contributed by atoms with E-state index in [0.29, 0.717) is 5.69 Å². The number of benzene rings is 2. The predicted octanol–water partition coefficient (Wildman–Crippen LogP) is 2.22. The molecule has 5 nitrogen and oxygen atoms in total. The number of ether oxygens (including phenoxy) is 1. The molecule has 0 heterocycles. The molecule has 2 aromatic rings. The maximum atomic E-state index is 13.7. The molecule has 20 heavy (non-hydrogen) atoms. The van der Waals surface area contributed by atoms with Crippen LogP contribution in [0.15, 0.2) is 47.4 Å². The number of halogens is 1. The van der Waals surface area contributed by atoms with Crippen molar-refractivity contribution in [2.45, 2.75) is 4.90 Å². The van der Waals surface area contributed by atoms with E-state index in [1.54, 1.807) is 30.3 Å². The van der Waals surface area contributed by atoms with Crippen molar-refractivity contribution in [1.82, 2.24) is 0 Å². The third-order valence-electron chi connectivity index (χ3n) is 2.59. The summed E-state index contributed by atoms with van der Waals surface area (Å²) in [5.74, 6) is -1.01. The molecule has 0 spiro atoms. The zero-order valence-electron chi connectivity index (χ0n) is 10.6. The summed E-state index contributed by atoms with van der Waals surface area (Å²) >= 11 is 0. The summed E-state index contributed by atoms with van der Waals surface area (Å²) < 4.78 is 45.0. The van der Waals surface area contributed by atoms with Gasteiger partial charge in [-0.05, 0) is 24.3 Å². The van der Waals surface area contributed by atoms with Gasteiger partial charge in [0.25, 0.3) is 10.0 Å². The lowest BCUT2D eigenvalue weighted by molar-refractivity contribution is 0.388. The van der Waals surface area contributed by atoms with E-state index >= 15 is 0 Å². The average Bonchev–Trinajstić information content (AvgIpc) is 2.39. The molecule has 0 fully saturated rings. The van der Waals surface area contributed by atoms with Crippen molar-refractivity contribution in [3.63, 3.8) is 0 Å². The molecule has 0 amide bonds. The largest absolute Gasteiger partial charge is 0.492 e. The molecule has 0 radical (unpaired) electrons. The summed E-state index contributed by atoms with van der Waals surface area (Å²) in [6.07, 6.45) is 0. The standard InChI is InChI=1S/C13H13FN2O3S/c1-19-13-11(14)7-10(8-12(13)15)20(17,18)16-9-5-3-2-4-6-9/h2-8,16H,15H2,1H3. The van der Waals surface area contributed by atoms with E-state index < -0.39 is 15.8 Å². The van der Waals surface area contributed by atoms with Crippen LogP contribution in [0.1, 0.15) is 0 Å². The van der Waals surface area contributed by atoms with E-state index in [-0.39, 0.29) is 16.3 Å². The van der Waals surface area contributed by atoms with Gasteiger partial charge in [0, 0.05) is 5.69 Å². The van der Waals surface area contributed by atoms with Gasteiger partial charge in [0.15, 0.2) is 11.6 Å². The summed E-state index contributed by atoms with van der Waals surface area (Å²) in [7, 11) is -2.65. The number of nitrogen functional groups attached to an aromatic ring is 1. The molecular formula is C13H13FN2O3S. The number of rotatable bonds is 4. The van der Waals surface area contributed by atoms with Crippen LogP contribution in [-0.4, -0.2) is 15.5 Å². The Morgan fingerprint density at radius 3 is 2.40 bits per heavy atom. The van der Waals surface area contributed by atoms with Crippen molar-refractivity contribution >= 4 is 21.4 Å². The van der Waals surface area contributed by atoms with E-state index in [4.69, 9.17) is 10.5 Å². The van der Waals surface area contributed by atoms with Gasteiger partial charge in [0.1, 0.15) is 0 Å². The van der Waals surface area contributed by atoms with E-state index in [2.05, 4.69) is 4.72 Å². The van der Waals surface area contributed by atoms with Crippen molar-refractivity contribution in [3.05, 3.63) is 48.3 Å². The fraction of sp³-hybridized carbons (Fsp3) is 0.0769. The number of nitrogens with one attached hydrogen (secondary N) is 1. The second kappa shape index (κ2) is 5.38. The van der Waals surface area contributed by atoms with Crippen molar-refractivity contribution in [2.75, 3.05) is 17.6 Å². The lowest BCUT2D eigenvalue weighted by Crippen LogP contribution is -2.14. The Kier molecular flexibility index (Phi) is 3.80. The number of sulfonamides is 1. The highest BCUT2D eigenvalue weighted by Gasteiger charge is 2.19. The Bertz CT molecular complexity index is 695. The van der Waals surface area contributed by atoms with Crippen molar-refractivity contribution in [3.8, 4) is 5.75 Å². The van der Waals surface area contributed by atoms with Crippen LogP contribution in [0.4, 0.5) is 15.8 Å². The van der Waals surface area contributed by atoms with Gasteiger partial charge in [0.2, 0.25) is 0 Å². The number of hydrogen-bond donors (Lipinski definition) is 2. The van der Waals surface area contributed by atoms with Crippen LogP contribution in [0, 0.1) is 5.82 Å². The molecule has 7 heteroatoms. The van der Waals surface area contributed by atoms with Crippen LogP contribution < -0.4 is 15.2 Å². The maximum Gasteiger partial charge on any atom is 0.262 e. The van der Waals surface area contributed by atoms with Gasteiger partial charge in [-0.2, -0.15) is 0 Å². The normalized spacial score (nSPS) is 11.1. The maximum absolute atomic E-state index is 13.7. The average molecular weight is 296 g/mol. The number of anilines is 2. The summed E-state index contributed by atoms with van der Waals surface area (Å²) in [4.78, 5) is -0.267. The van der Waals surface area contributed by atoms with E-state index in [1.807, 2.05) is 0 Å². The summed E-state index contributed by atoms with van der Waals surface area (Å²) in [5, 5.41) is 0. The first-order valence-corrected chi connectivity index (χ1v) is 7.13. The fourth-order valence-corrected chi connectivity index (χ4v) is 2.78. The monoisotopic (exact) mass is 296 g/mol. The van der Waals surface area contributed by atoms with Gasteiger partial charge in [-0.1, -0.05) is 18.2 Å². The lowest BCUT2D eigenvalue weighted by atomic mass is 10.3. The fourth-order valence-electron chi connectivity index (χ4n) is 1.68. The second-order valence-corrected chi connectivity index (χ2v) is 5.68. The second-order valence-electron chi connectivity index (χ2n) is 4.00. The minimum absolute atomic E-state index is 0.0825. The molecular weight excluding hydrogens is 283 g/mol. The Labute approximate surface area is 116 Å². The summed E-state index contributed by atoms with van der Waals surface area (Å²) in [6.45, 7) is 0.